The normalized spacial score (nSPS) is 15.7. The van der Waals surface area contributed by atoms with Gasteiger partial charge in [0.1, 0.15) is 0 Å². The quantitative estimate of drug-likeness (QED) is 0.108. The van der Waals surface area contributed by atoms with Gasteiger partial charge in [0.05, 0.1) is 0 Å². The van der Waals surface area contributed by atoms with Gasteiger partial charge in [0.25, 0.3) is 0 Å². The van der Waals surface area contributed by atoms with E-state index in [9.17, 15) is 0 Å². The van der Waals surface area contributed by atoms with Crippen LogP contribution in [-0.4, -0.2) is 0 Å². The van der Waals surface area contributed by atoms with E-state index in [4.69, 9.17) is 0 Å². The van der Waals surface area contributed by atoms with Gasteiger partial charge in [0.15, 0.2) is 0 Å². The molecule has 0 nitrogen and oxygen atoms in total. The predicted molar refractivity (Wildman–Crippen MR) is 269 cm³/mol. The summed E-state index contributed by atoms with van der Waals surface area (Å²) in [6.07, 6.45) is 27.1. The Kier molecular flexibility index (Phi) is 13.4. The van der Waals surface area contributed by atoms with E-state index in [-0.39, 0.29) is 0 Å². The summed E-state index contributed by atoms with van der Waals surface area (Å²) in [5.41, 5.74) is 17.6. The zero-order valence-corrected chi connectivity index (χ0v) is 36.0. The highest BCUT2D eigenvalue weighted by Gasteiger charge is 2.17. The van der Waals surface area contributed by atoms with Crippen molar-refractivity contribution < 1.29 is 0 Å². The van der Waals surface area contributed by atoms with Crippen LogP contribution in [0.4, 0.5) is 0 Å². The third kappa shape index (κ3) is 10.3. The summed E-state index contributed by atoms with van der Waals surface area (Å²) >= 11 is 0. The third-order valence-electron chi connectivity index (χ3n) is 13.2. The van der Waals surface area contributed by atoms with Crippen LogP contribution in [0.1, 0.15) is 143 Å². The van der Waals surface area contributed by atoms with Gasteiger partial charge in [0.2, 0.25) is 0 Å². The van der Waals surface area contributed by atoms with Gasteiger partial charge in [-0.1, -0.05) is 245 Å². The SMILES string of the molecule is C(=Cc1ccccc1C=C(c1ccccc1)c1ccc(C2CCCCC2)cc1)c1ccc(C=Cc2ccccc2C=C(c2ccccc2)c2ccc(C3CCCCC3)cc2)cc1. The maximum atomic E-state index is 2.38. The van der Waals surface area contributed by atoms with Crippen molar-refractivity contribution in [2.75, 3.05) is 0 Å². The highest BCUT2D eigenvalue weighted by molar-refractivity contribution is 5.94. The van der Waals surface area contributed by atoms with Crippen LogP contribution in [0.5, 0.6) is 0 Å². The van der Waals surface area contributed by atoms with Crippen LogP contribution in [0, 0.1) is 0 Å². The maximum absolute atomic E-state index is 2.38. The highest BCUT2D eigenvalue weighted by atomic mass is 14.2. The summed E-state index contributed by atoms with van der Waals surface area (Å²) in [6, 6.07) is 66.8. The lowest BCUT2D eigenvalue weighted by molar-refractivity contribution is 0.443. The first-order valence-corrected chi connectivity index (χ1v) is 23.1. The van der Waals surface area contributed by atoms with Crippen molar-refractivity contribution in [3.63, 3.8) is 0 Å². The van der Waals surface area contributed by atoms with Crippen LogP contribution in [0.3, 0.4) is 0 Å². The molecule has 62 heavy (non-hydrogen) atoms. The van der Waals surface area contributed by atoms with Crippen LogP contribution in [0.25, 0.3) is 47.6 Å². The minimum absolute atomic E-state index is 0.704. The molecule has 2 aliphatic carbocycles. The number of hydrogen-bond acceptors (Lipinski definition) is 0. The molecule has 0 saturated heterocycles. The van der Waals surface area contributed by atoms with Crippen molar-refractivity contribution in [1.82, 2.24) is 0 Å². The molecule has 0 atom stereocenters. The molecular formula is C62H58. The van der Waals surface area contributed by atoms with Crippen LogP contribution in [0.15, 0.2) is 182 Å². The second-order valence-electron chi connectivity index (χ2n) is 17.4. The zero-order valence-electron chi connectivity index (χ0n) is 36.0. The molecule has 2 saturated carbocycles. The Balaban J connectivity index is 0.935. The summed E-state index contributed by atoms with van der Waals surface area (Å²) in [4.78, 5) is 0. The summed E-state index contributed by atoms with van der Waals surface area (Å²) in [7, 11) is 0. The molecular weight excluding hydrogens is 745 g/mol. The molecule has 0 heterocycles. The molecule has 0 radical (unpaired) electrons. The zero-order chi connectivity index (χ0) is 41.8. The number of hydrogen-bond donors (Lipinski definition) is 0. The summed E-state index contributed by atoms with van der Waals surface area (Å²) < 4.78 is 0. The Bertz CT molecular complexity index is 2440. The monoisotopic (exact) mass is 802 g/mol. The standard InChI is InChI=1S/C62H58/c1-5-17-49(18-6-1)53-37-41-57(42-38-53)61(55-23-9-3-10-24-55)45-59-27-15-13-21-51(59)35-33-47-29-31-48(32-30-47)34-36-52-22-14-16-28-60(52)46-62(56-25-11-4-12-26-56)58-43-39-54(40-44-58)50-19-7-2-8-20-50/h3-4,9-16,21-46,49-50H,1-2,5-8,17-20H2. The van der Waals surface area contributed by atoms with Crippen molar-refractivity contribution >= 4 is 47.6 Å². The Morgan fingerprint density at radius 3 is 0.984 bits per heavy atom. The van der Waals surface area contributed by atoms with E-state index in [1.54, 1.807) is 0 Å². The molecule has 2 fully saturated rings. The van der Waals surface area contributed by atoms with Crippen molar-refractivity contribution in [2.45, 2.75) is 76.0 Å². The lowest BCUT2D eigenvalue weighted by Gasteiger charge is -2.22. The minimum Gasteiger partial charge on any atom is -0.0622 e. The first-order chi connectivity index (χ1) is 30.7. The van der Waals surface area contributed by atoms with E-state index >= 15 is 0 Å². The lowest BCUT2D eigenvalue weighted by Crippen LogP contribution is -2.04. The molecule has 0 aliphatic heterocycles. The van der Waals surface area contributed by atoms with Crippen LogP contribution >= 0.6 is 0 Å². The molecule has 0 bridgehead atoms. The third-order valence-corrected chi connectivity index (χ3v) is 13.2. The van der Waals surface area contributed by atoms with Gasteiger partial charge < -0.3 is 0 Å². The largest absolute Gasteiger partial charge is 0.0622 e. The number of benzene rings is 7. The van der Waals surface area contributed by atoms with E-state index in [0.717, 1.165) is 0 Å². The molecule has 7 aromatic rings. The fourth-order valence-corrected chi connectivity index (χ4v) is 9.63. The molecule has 0 spiro atoms. The van der Waals surface area contributed by atoms with E-state index in [1.807, 2.05) is 0 Å². The summed E-state index contributed by atoms with van der Waals surface area (Å²) in [5, 5.41) is 0. The van der Waals surface area contributed by atoms with Gasteiger partial charge in [-0.2, -0.15) is 0 Å². The molecule has 0 unspecified atom stereocenters. The molecule has 2 aliphatic rings. The summed E-state index contributed by atoms with van der Waals surface area (Å²) in [5.74, 6) is 1.41. The topological polar surface area (TPSA) is 0 Å². The van der Waals surface area contributed by atoms with Gasteiger partial charge >= 0.3 is 0 Å². The van der Waals surface area contributed by atoms with E-state index < -0.39 is 0 Å². The first kappa shape index (κ1) is 40.9. The van der Waals surface area contributed by atoms with Gasteiger partial charge in [0, 0.05) is 0 Å². The van der Waals surface area contributed by atoms with Crippen molar-refractivity contribution in [2.24, 2.45) is 0 Å². The second-order valence-corrected chi connectivity index (χ2v) is 17.4. The second kappa shape index (κ2) is 20.4. The molecule has 0 N–H and O–H groups in total. The van der Waals surface area contributed by atoms with Crippen molar-refractivity contribution in [3.8, 4) is 0 Å². The molecule has 306 valence electrons. The molecule has 0 amide bonds. The summed E-state index contributed by atoms with van der Waals surface area (Å²) in [6.45, 7) is 0. The van der Waals surface area contributed by atoms with Gasteiger partial charge in [-0.05, 0) is 128 Å². The van der Waals surface area contributed by atoms with Gasteiger partial charge in [-0.25, -0.2) is 0 Å². The minimum atomic E-state index is 0.704. The van der Waals surface area contributed by atoms with Crippen molar-refractivity contribution in [1.29, 1.82) is 0 Å². The Morgan fingerprint density at radius 1 is 0.290 bits per heavy atom. The van der Waals surface area contributed by atoms with Gasteiger partial charge in [-0.3, -0.25) is 0 Å². The van der Waals surface area contributed by atoms with E-state index in [1.165, 1.54) is 142 Å². The Hall–Kier alpha value is -6.50. The Morgan fingerprint density at radius 2 is 0.613 bits per heavy atom. The predicted octanol–water partition coefficient (Wildman–Crippen LogP) is 17.3. The van der Waals surface area contributed by atoms with E-state index in [2.05, 4.69) is 218 Å². The van der Waals surface area contributed by atoms with Crippen LogP contribution < -0.4 is 0 Å². The molecule has 0 heteroatoms. The highest BCUT2D eigenvalue weighted by Crippen LogP contribution is 2.36. The maximum Gasteiger partial charge on any atom is -0.0105 e. The van der Waals surface area contributed by atoms with Gasteiger partial charge in [-0.15, -0.1) is 0 Å². The Labute approximate surface area is 370 Å². The number of rotatable bonds is 12. The van der Waals surface area contributed by atoms with Crippen LogP contribution in [-0.2, 0) is 0 Å². The molecule has 7 aromatic carbocycles. The first-order valence-electron chi connectivity index (χ1n) is 23.1. The average molecular weight is 803 g/mol. The fraction of sp³-hybridized carbons (Fsp3) is 0.194. The van der Waals surface area contributed by atoms with E-state index in [0.29, 0.717) is 11.8 Å². The average Bonchev–Trinajstić information content (AvgIpc) is 3.36. The van der Waals surface area contributed by atoms with Crippen molar-refractivity contribution in [3.05, 3.63) is 249 Å². The fourth-order valence-electron chi connectivity index (χ4n) is 9.63. The lowest BCUT2D eigenvalue weighted by atomic mass is 9.83. The molecule has 9 rings (SSSR count). The smallest absolute Gasteiger partial charge is 0.0105 e. The van der Waals surface area contributed by atoms with Crippen LogP contribution in [0.2, 0.25) is 0 Å². The molecule has 0 aromatic heterocycles.